The van der Waals surface area contributed by atoms with Crippen LogP contribution in [-0.4, -0.2) is 16.5 Å². The molecule has 96 valence electrons. The van der Waals surface area contributed by atoms with Crippen LogP contribution in [-0.2, 0) is 0 Å². The third kappa shape index (κ3) is 2.87. The topological polar surface area (TPSA) is 37.8 Å². The van der Waals surface area contributed by atoms with Crippen LogP contribution >= 0.6 is 27.3 Å². The third-order valence-electron chi connectivity index (χ3n) is 2.38. The average Bonchev–Trinajstić information content (AvgIpc) is 2.77. The minimum atomic E-state index is -0.374. The number of hydrogen-bond acceptors (Lipinski definition) is 4. The quantitative estimate of drug-likeness (QED) is 0.911. The molecular weight excluding hydrogens is 317 g/mol. The van der Waals surface area contributed by atoms with Gasteiger partial charge in [0.2, 0.25) is 0 Å². The second kappa shape index (κ2) is 5.75. The molecule has 0 fully saturated rings. The van der Waals surface area contributed by atoms with E-state index >= 15 is 0 Å². The maximum Gasteiger partial charge on any atom is 0.186 e. The van der Waals surface area contributed by atoms with Crippen LogP contribution in [0.15, 0.2) is 15.2 Å². The highest BCUT2D eigenvalue weighted by atomic mass is 79.9. The Bertz CT molecular complexity index is 556. The minimum absolute atomic E-state index is 0.279. The minimum Gasteiger partial charge on any atom is -0.368 e. The predicted octanol–water partition coefficient (Wildman–Crippen LogP) is 4.24. The lowest BCUT2D eigenvalue weighted by Gasteiger charge is -2.08. The van der Waals surface area contributed by atoms with Crippen molar-refractivity contribution >= 4 is 33.1 Å². The maximum absolute atomic E-state index is 13.8. The zero-order valence-corrected chi connectivity index (χ0v) is 12.5. The Hall–Kier alpha value is -1.01. The molecule has 2 aromatic heterocycles. The van der Waals surface area contributed by atoms with Crippen LogP contribution in [0.4, 0.5) is 10.2 Å². The van der Waals surface area contributed by atoms with Crippen molar-refractivity contribution in [1.82, 2.24) is 9.97 Å². The third-order valence-corrected chi connectivity index (χ3v) is 3.89. The number of thiophene rings is 1. The summed E-state index contributed by atoms with van der Waals surface area (Å²) in [7, 11) is 0. The molecule has 0 spiro atoms. The molecule has 0 saturated heterocycles. The molecule has 0 aromatic carbocycles. The molecule has 0 aliphatic rings. The zero-order chi connectivity index (χ0) is 13.1. The van der Waals surface area contributed by atoms with E-state index < -0.39 is 0 Å². The first-order valence-corrected chi connectivity index (χ1v) is 7.31. The van der Waals surface area contributed by atoms with Crippen LogP contribution in [0.3, 0.4) is 0 Å². The van der Waals surface area contributed by atoms with Crippen molar-refractivity contribution < 1.29 is 4.39 Å². The van der Waals surface area contributed by atoms with E-state index in [1.807, 2.05) is 18.4 Å². The van der Waals surface area contributed by atoms with Gasteiger partial charge in [-0.1, -0.05) is 6.92 Å². The zero-order valence-electron chi connectivity index (χ0n) is 10.1. The lowest BCUT2D eigenvalue weighted by atomic mass is 10.3. The number of aryl methyl sites for hydroxylation is 1. The summed E-state index contributed by atoms with van der Waals surface area (Å²) in [5.74, 6) is 0.456. The van der Waals surface area contributed by atoms with E-state index in [1.165, 1.54) is 0 Å². The molecule has 2 rings (SSSR count). The van der Waals surface area contributed by atoms with Crippen LogP contribution < -0.4 is 5.32 Å². The van der Waals surface area contributed by atoms with Crippen LogP contribution in [0.5, 0.6) is 0 Å². The van der Waals surface area contributed by atoms with Gasteiger partial charge in [-0.15, -0.1) is 11.3 Å². The summed E-state index contributed by atoms with van der Waals surface area (Å²) < 4.78 is 14.8. The predicted molar refractivity (Wildman–Crippen MR) is 76.5 cm³/mol. The summed E-state index contributed by atoms with van der Waals surface area (Å²) in [6.07, 6.45) is 0.918. The first-order chi connectivity index (χ1) is 8.61. The fraction of sp³-hybridized carbons (Fsp3) is 0.333. The normalized spacial score (nSPS) is 10.7. The summed E-state index contributed by atoms with van der Waals surface area (Å²) in [5.41, 5.74) is 1.26. The van der Waals surface area contributed by atoms with E-state index in [1.54, 1.807) is 18.3 Å². The molecule has 3 nitrogen and oxygen atoms in total. The van der Waals surface area contributed by atoms with Gasteiger partial charge >= 0.3 is 0 Å². The van der Waals surface area contributed by atoms with Gasteiger partial charge in [0.1, 0.15) is 0 Å². The average molecular weight is 330 g/mol. The highest BCUT2D eigenvalue weighted by Gasteiger charge is 2.13. The lowest BCUT2D eigenvalue weighted by molar-refractivity contribution is 0.605. The van der Waals surface area contributed by atoms with Gasteiger partial charge in [-0.3, -0.25) is 0 Å². The van der Waals surface area contributed by atoms with Gasteiger partial charge in [-0.2, -0.15) is 0 Å². The molecule has 0 atom stereocenters. The van der Waals surface area contributed by atoms with Crippen molar-refractivity contribution in [1.29, 1.82) is 0 Å². The molecule has 2 aromatic rings. The molecule has 0 unspecified atom stereocenters. The standard InChI is InChI=1S/C12H13BrFN3S/c1-3-4-15-12-10(14)7(2)16-11(17-12)8-5-9(13)18-6-8/h5-6H,3-4H2,1-2H3,(H,15,16,17). The van der Waals surface area contributed by atoms with Gasteiger partial charge in [0, 0.05) is 17.5 Å². The van der Waals surface area contributed by atoms with Crippen LogP contribution in [0.1, 0.15) is 19.0 Å². The van der Waals surface area contributed by atoms with Gasteiger partial charge in [0.15, 0.2) is 17.5 Å². The number of nitrogens with one attached hydrogen (secondary N) is 1. The molecule has 0 radical (unpaired) electrons. The molecular formula is C12H13BrFN3S. The van der Waals surface area contributed by atoms with Gasteiger partial charge in [0.25, 0.3) is 0 Å². The van der Waals surface area contributed by atoms with Crippen molar-refractivity contribution in [3.8, 4) is 11.4 Å². The summed E-state index contributed by atoms with van der Waals surface area (Å²) in [6, 6.07) is 1.93. The van der Waals surface area contributed by atoms with Crippen LogP contribution in [0.2, 0.25) is 0 Å². The number of rotatable bonds is 4. The molecule has 0 amide bonds. The SMILES string of the molecule is CCCNc1nc(-c2csc(Br)c2)nc(C)c1F. The summed E-state index contributed by atoms with van der Waals surface area (Å²) >= 11 is 4.95. The number of anilines is 1. The van der Waals surface area contributed by atoms with Gasteiger partial charge < -0.3 is 5.32 Å². The molecule has 18 heavy (non-hydrogen) atoms. The summed E-state index contributed by atoms with van der Waals surface area (Å²) in [5, 5.41) is 4.93. The van der Waals surface area contributed by atoms with Crippen LogP contribution in [0.25, 0.3) is 11.4 Å². The lowest BCUT2D eigenvalue weighted by Crippen LogP contribution is -2.08. The molecule has 6 heteroatoms. The van der Waals surface area contributed by atoms with Gasteiger partial charge in [-0.25, -0.2) is 14.4 Å². The maximum atomic E-state index is 13.8. The molecule has 1 N–H and O–H groups in total. The smallest absolute Gasteiger partial charge is 0.186 e. The largest absolute Gasteiger partial charge is 0.368 e. The number of halogens is 2. The Morgan fingerprint density at radius 1 is 1.44 bits per heavy atom. The summed E-state index contributed by atoms with van der Waals surface area (Å²) in [6.45, 7) is 4.37. The van der Waals surface area contributed by atoms with Crippen molar-refractivity contribution in [3.63, 3.8) is 0 Å². The van der Waals surface area contributed by atoms with Crippen molar-refractivity contribution in [3.05, 3.63) is 26.7 Å². The first kappa shape index (κ1) is 13.4. The Morgan fingerprint density at radius 3 is 2.83 bits per heavy atom. The van der Waals surface area contributed by atoms with E-state index in [9.17, 15) is 4.39 Å². The number of hydrogen-bond donors (Lipinski definition) is 1. The van der Waals surface area contributed by atoms with E-state index in [0.717, 1.165) is 15.8 Å². The Morgan fingerprint density at radius 2 is 2.22 bits per heavy atom. The highest BCUT2D eigenvalue weighted by Crippen LogP contribution is 2.28. The van der Waals surface area contributed by atoms with Crippen molar-refractivity contribution in [2.75, 3.05) is 11.9 Å². The molecule has 0 aliphatic carbocycles. The van der Waals surface area contributed by atoms with E-state index in [2.05, 4.69) is 31.2 Å². The highest BCUT2D eigenvalue weighted by molar-refractivity contribution is 9.11. The van der Waals surface area contributed by atoms with Crippen LogP contribution in [0, 0.1) is 12.7 Å². The Labute approximate surface area is 118 Å². The summed E-state index contributed by atoms with van der Waals surface area (Å²) in [4.78, 5) is 8.43. The molecule has 0 aliphatic heterocycles. The fourth-order valence-electron chi connectivity index (χ4n) is 1.48. The van der Waals surface area contributed by atoms with Crippen molar-refractivity contribution in [2.24, 2.45) is 0 Å². The molecule has 0 bridgehead atoms. The van der Waals surface area contributed by atoms with E-state index in [-0.39, 0.29) is 11.6 Å². The second-order valence-corrected chi connectivity index (χ2v) is 6.15. The van der Waals surface area contributed by atoms with Gasteiger partial charge in [-0.05, 0) is 35.3 Å². The number of nitrogens with zero attached hydrogens (tertiary/aromatic N) is 2. The fourth-order valence-corrected chi connectivity index (χ4v) is 2.61. The van der Waals surface area contributed by atoms with E-state index in [0.29, 0.717) is 18.1 Å². The number of aromatic nitrogens is 2. The Kier molecular flexibility index (Phi) is 4.29. The van der Waals surface area contributed by atoms with E-state index in [4.69, 9.17) is 0 Å². The molecule has 2 heterocycles. The first-order valence-electron chi connectivity index (χ1n) is 5.64. The molecule has 0 saturated carbocycles. The van der Waals surface area contributed by atoms with Gasteiger partial charge in [0.05, 0.1) is 9.48 Å². The van der Waals surface area contributed by atoms with Crippen molar-refractivity contribution in [2.45, 2.75) is 20.3 Å². The monoisotopic (exact) mass is 329 g/mol. The second-order valence-electron chi connectivity index (χ2n) is 3.86. The Balaban J connectivity index is 2.40.